The summed E-state index contributed by atoms with van der Waals surface area (Å²) in [4.78, 5) is 20.0. The number of aliphatic carboxylic acids is 1. The fourth-order valence-corrected chi connectivity index (χ4v) is 4.16. The number of carboxylic acids is 1. The van der Waals surface area contributed by atoms with Gasteiger partial charge in [0.1, 0.15) is 35.5 Å². The van der Waals surface area contributed by atoms with Gasteiger partial charge in [-0.05, 0) is 54.8 Å². The second-order valence-corrected chi connectivity index (χ2v) is 9.18. The molecule has 1 aliphatic heterocycles. The first-order valence-electron chi connectivity index (χ1n) is 10.8. The van der Waals surface area contributed by atoms with E-state index >= 15 is 0 Å². The van der Waals surface area contributed by atoms with E-state index < -0.39 is 17.9 Å². The zero-order valence-electron chi connectivity index (χ0n) is 19.9. The van der Waals surface area contributed by atoms with Crippen LogP contribution in [0.25, 0.3) is 11.0 Å². The third-order valence-electron chi connectivity index (χ3n) is 5.09. The lowest BCUT2D eigenvalue weighted by molar-refractivity contribution is -0.151. The van der Waals surface area contributed by atoms with Gasteiger partial charge in [0.05, 0.1) is 19.6 Å². The molecule has 0 saturated carbocycles. The average Bonchev–Trinajstić information content (AvgIpc) is 3.42. The number of hydrogen-bond donors (Lipinski definition) is 4. The molecule has 2 unspecified atom stereocenters. The Morgan fingerprint density at radius 1 is 1.26 bits per heavy atom. The quantitative estimate of drug-likeness (QED) is 0.321. The summed E-state index contributed by atoms with van der Waals surface area (Å²) in [5.41, 5.74) is 1.61. The third-order valence-corrected chi connectivity index (χ3v) is 5.69. The molecule has 12 heteroatoms. The van der Waals surface area contributed by atoms with Crippen LogP contribution in [-0.4, -0.2) is 61.9 Å². The van der Waals surface area contributed by atoms with E-state index in [0.717, 1.165) is 21.2 Å². The van der Waals surface area contributed by atoms with E-state index in [0.29, 0.717) is 36.6 Å². The van der Waals surface area contributed by atoms with Crippen LogP contribution >= 0.6 is 15.9 Å². The maximum Gasteiger partial charge on any atom is 0.332 e. The average molecular weight is 553 g/mol. The molecular weight excluding hydrogens is 524 g/mol. The van der Waals surface area contributed by atoms with Gasteiger partial charge in [-0.25, -0.2) is 14.8 Å². The monoisotopic (exact) mass is 552 g/mol. The van der Waals surface area contributed by atoms with Gasteiger partial charge in [-0.3, -0.25) is 0 Å². The molecule has 1 aromatic carbocycles. The van der Waals surface area contributed by atoms with Gasteiger partial charge < -0.3 is 39.4 Å². The molecule has 0 aliphatic carbocycles. The Hall–Kier alpha value is -2.93. The lowest BCUT2D eigenvalue weighted by Gasteiger charge is -2.14. The second-order valence-electron chi connectivity index (χ2n) is 8.33. The number of halogens is 1. The molecule has 1 saturated heterocycles. The number of hydrogen-bond acceptors (Lipinski definition) is 9. The van der Waals surface area contributed by atoms with Crippen LogP contribution in [0.4, 0.5) is 5.82 Å². The predicted octanol–water partition coefficient (Wildman–Crippen LogP) is 3.29. The minimum absolute atomic E-state index is 0.385. The number of anilines is 1. The van der Waals surface area contributed by atoms with Gasteiger partial charge in [0.15, 0.2) is 11.9 Å². The smallest absolute Gasteiger partial charge is 0.332 e. The van der Waals surface area contributed by atoms with Crippen LogP contribution in [0.2, 0.25) is 0 Å². The van der Waals surface area contributed by atoms with Crippen molar-refractivity contribution in [2.45, 2.75) is 51.4 Å². The van der Waals surface area contributed by atoms with Gasteiger partial charge in [-0.1, -0.05) is 0 Å². The number of aliphatic hydroxyl groups is 2. The number of methoxy groups -OCH3 is 2. The number of benzene rings is 1. The SMILES string of the molecule is CC(C)(O)O.COc1ccc(CNc2ncnc3c2c(Br)cn3C2CCC(C(=O)O)O2)c(OC)c1. The number of carboxylic acid groups (broad SMARTS) is 1. The van der Waals surface area contributed by atoms with E-state index in [4.69, 9.17) is 24.4 Å². The highest BCUT2D eigenvalue weighted by atomic mass is 79.9. The molecule has 11 nitrogen and oxygen atoms in total. The molecule has 1 fully saturated rings. The van der Waals surface area contributed by atoms with Gasteiger partial charge in [-0.15, -0.1) is 0 Å². The molecule has 4 N–H and O–H groups in total. The molecule has 3 aromatic rings. The molecule has 3 heterocycles. The van der Waals surface area contributed by atoms with Crippen molar-refractivity contribution in [1.82, 2.24) is 14.5 Å². The highest BCUT2D eigenvalue weighted by Gasteiger charge is 2.33. The molecule has 0 radical (unpaired) electrons. The maximum absolute atomic E-state index is 11.2. The van der Waals surface area contributed by atoms with Crippen LogP contribution in [0.1, 0.15) is 38.5 Å². The minimum Gasteiger partial charge on any atom is -0.497 e. The fraction of sp³-hybridized carbons (Fsp3) is 0.435. The number of carbonyl (C=O) groups is 1. The highest BCUT2D eigenvalue weighted by Crippen LogP contribution is 2.37. The molecule has 0 spiro atoms. The largest absolute Gasteiger partial charge is 0.497 e. The first-order valence-corrected chi connectivity index (χ1v) is 11.6. The van der Waals surface area contributed by atoms with Crippen LogP contribution in [0, 0.1) is 0 Å². The van der Waals surface area contributed by atoms with Crippen molar-refractivity contribution in [3.8, 4) is 11.5 Å². The summed E-state index contributed by atoms with van der Waals surface area (Å²) >= 11 is 3.58. The number of fused-ring (bicyclic) bond motifs is 1. The van der Waals surface area contributed by atoms with Gasteiger partial charge in [0.25, 0.3) is 0 Å². The minimum atomic E-state index is -1.50. The van der Waals surface area contributed by atoms with Crippen molar-refractivity contribution in [3.05, 3.63) is 40.8 Å². The van der Waals surface area contributed by atoms with Gasteiger partial charge >= 0.3 is 5.97 Å². The zero-order valence-corrected chi connectivity index (χ0v) is 21.4. The summed E-state index contributed by atoms with van der Waals surface area (Å²) in [6.07, 6.45) is 3.21. The van der Waals surface area contributed by atoms with Crippen molar-refractivity contribution >= 4 is 38.8 Å². The van der Waals surface area contributed by atoms with E-state index in [9.17, 15) is 9.90 Å². The topological polar surface area (TPSA) is 148 Å². The normalized spacial score (nSPS) is 17.6. The Kier molecular flexibility index (Phi) is 8.54. The van der Waals surface area contributed by atoms with Gasteiger partial charge in [0, 0.05) is 28.8 Å². The number of aromatic nitrogens is 3. The van der Waals surface area contributed by atoms with Crippen molar-refractivity contribution in [2.24, 2.45) is 0 Å². The third kappa shape index (κ3) is 6.82. The Labute approximate surface area is 210 Å². The lowest BCUT2D eigenvalue weighted by atomic mass is 10.2. The van der Waals surface area contributed by atoms with E-state index in [1.165, 1.54) is 20.2 Å². The maximum atomic E-state index is 11.2. The summed E-state index contributed by atoms with van der Waals surface area (Å²) in [5.74, 6) is -0.367. The number of nitrogens with one attached hydrogen (secondary N) is 1. The first kappa shape index (κ1) is 26.7. The van der Waals surface area contributed by atoms with Crippen LogP contribution in [0.3, 0.4) is 0 Å². The molecule has 2 atom stereocenters. The molecule has 1 aliphatic rings. The summed E-state index contributed by atoms with van der Waals surface area (Å²) in [6.45, 7) is 3.08. The Balaban J connectivity index is 0.000000623. The second kappa shape index (κ2) is 11.2. The number of nitrogens with zero attached hydrogens (tertiary/aromatic N) is 3. The van der Waals surface area contributed by atoms with Gasteiger partial charge in [-0.2, -0.15) is 0 Å². The molecule has 190 valence electrons. The zero-order chi connectivity index (χ0) is 25.8. The van der Waals surface area contributed by atoms with Crippen LogP contribution in [0.15, 0.2) is 35.2 Å². The van der Waals surface area contributed by atoms with Crippen LogP contribution in [0.5, 0.6) is 11.5 Å². The first-order chi connectivity index (χ1) is 16.5. The Morgan fingerprint density at radius 3 is 2.57 bits per heavy atom. The van der Waals surface area contributed by atoms with E-state index in [-0.39, 0.29) is 6.23 Å². The summed E-state index contributed by atoms with van der Waals surface area (Å²) in [6, 6.07) is 5.63. The van der Waals surface area contributed by atoms with Crippen LogP contribution < -0.4 is 14.8 Å². The predicted molar refractivity (Wildman–Crippen MR) is 131 cm³/mol. The van der Waals surface area contributed by atoms with Crippen molar-refractivity contribution < 1.29 is 34.3 Å². The molecule has 2 aromatic heterocycles. The molecule has 4 rings (SSSR count). The number of ether oxygens (including phenoxy) is 3. The summed E-state index contributed by atoms with van der Waals surface area (Å²) in [5, 5.41) is 29.5. The fourth-order valence-electron chi connectivity index (χ4n) is 3.58. The molecular formula is C23H29BrN4O7. The highest BCUT2D eigenvalue weighted by molar-refractivity contribution is 9.10. The Bertz CT molecular complexity index is 1170. The summed E-state index contributed by atoms with van der Waals surface area (Å²) < 4.78 is 19.0. The molecule has 35 heavy (non-hydrogen) atoms. The van der Waals surface area contributed by atoms with E-state index in [1.807, 2.05) is 29.0 Å². The van der Waals surface area contributed by atoms with Crippen molar-refractivity contribution in [3.63, 3.8) is 0 Å². The van der Waals surface area contributed by atoms with Gasteiger partial charge in [0.2, 0.25) is 0 Å². The summed E-state index contributed by atoms with van der Waals surface area (Å²) in [7, 11) is 3.23. The van der Waals surface area contributed by atoms with Crippen molar-refractivity contribution in [2.75, 3.05) is 19.5 Å². The van der Waals surface area contributed by atoms with E-state index in [2.05, 4.69) is 31.2 Å². The van der Waals surface area contributed by atoms with Crippen molar-refractivity contribution in [1.29, 1.82) is 0 Å². The number of rotatable bonds is 7. The Morgan fingerprint density at radius 2 is 1.97 bits per heavy atom. The van der Waals surface area contributed by atoms with Crippen LogP contribution in [-0.2, 0) is 16.1 Å². The lowest BCUT2D eigenvalue weighted by Crippen LogP contribution is -2.20. The molecule has 0 amide bonds. The molecule has 0 bridgehead atoms. The van der Waals surface area contributed by atoms with E-state index in [1.54, 1.807) is 14.2 Å². The standard InChI is InChI=1S/C20H21BrN4O5.C3H8O2/c1-28-12-4-3-11(15(7-12)29-2)8-22-18-17-13(21)9-25(19(17)24-10-23-18)16-6-5-14(30-16)20(26)27;1-3(2,4)5/h3-4,7,9-10,14,16H,5-6,8H2,1-2H3,(H,26,27)(H,22,23,24);4-5H,1-2H3.